The third kappa shape index (κ3) is 4.05. The number of fused-ring (bicyclic) bond motifs is 1. The van der Waals surface area contributed by atoms with Gasteiger partial charge in [-0.05, 0) is 46.6 Å². The van der Waals surface area contributed by atoms with E-state index in [1.807, 2.05) is 0 Å². The zero-order chi connectivity index (χ0) is 21.3. The molecule has 4 rings (SSSR count). The highest BCUT2D eigenvalue weighted by Crippen LogP contribution is 2.27. The first-order valence-corrected chi connectivity index (χ1v) is 9.81. The molecular formula is C20H17BrFN5O3. The van der Waals surface area contributed by atoms with E-state index in [1.54, 1.807) is 37.3 Å². The maximum Gasteiger partial charge on any atom is 0.413 e. The highest BCUT2D eigenvalue weighted by Gasteiger charge is 2.17. The van der Waals surface area contributed by atoms with Crippen molar-refractivity contribution < 1.29 is 19.1 Å². The number of hydrogen-bond donors (Lipinski definition) is 2. The third-order valence-corrected chi connectivity index (χ3v) is 5.05. The van der Waals surface area contributed by atoms with E-state index in [0.29, 0.717) is 21.4 Å². The molecule has 1 aliphatic rings. The number of rotatable bonds is 4. The topological polar surface area (TPSA) is 92.0 Å². The van der Waals surface area contributed by atoms with E-state index in [0.717, 1.165) is 10.6 Å². The Bertz CT molecular complexity index is 1180. The first kappa shape index (κ1) is 20.0. The van der Waals surface area contributed by atoms with Crippen LogP contribution in [0.2, 0.25) is 0 Å². The van der Waals surface area contributed by atoms with E-state index in [4.69, 9.17) is 4.74 Å². The Kier molecular flexibility index (Phi) is 5.51. The lowest BCUT2D eigenvalue weighted by molar-refractivity contribution is -0.0609. The number of aromatic nitrogens is 3. The number of halogens is 2. The Hall–Kier alpha value is -3.24. The minimum Gasteiger partial charge on any atom is -0.444 e. The third-order valence-electron chi connectivity index (χ3n) is 4.49. The van der Waals surface area contributed by atoms with Gasteiger partial charge in [-0.15, -0.1) is 0 Å². The Balaban J connectivity index is 1.58. The Morgan fingerprint density at radius 2 is 2.20 bits per heavy atom. The smallest absolute Gasteiger partial charge is 0.413 e. The van der Waals surface area contributed by atoms with E-state index >= 15 is 0 Å². The summed E-state index contributed by atoms with van der Waals surface area (Å²) in [4.78, 5) is 16.8. The summed E-state index contributed by atoms with van der Waals surface area (Å²) in [5.74, 6) is -0.154. The number of nitrogens with zero attached hydrogens (tertiary/aromatic N) is 4. The van der Waals surface area contributed by atoms with Gasteiger partial charge in [-0.2, -0.15) is 9.61 Å². The van der Waals surface area contributed by atoms with Crippen molar-refractivity contribution in [2.45, 2.75) is 13.0 Å². The molecule has 3 aromatic rings. The van der Waals surface area contributed by atoms with E-state index < -0.39 is 11.9 Å². The predicted molar refractivity (Wildman–Crippen MR) is 111 cm³/mol. The molecule has 1 aromatic carbocycles. The molecular weight excluding hydrogens is 457 g/mol. The molecule has 1 aliphatic heterocycles. The number of amides is 1. The molecule has 0 radical (unpaired) electrons. The Labute approximate surface area is 179 Å². The van der Waals surface area contributed by atoms with Gasteiger partial charge in [0.1, 0.15) is 18.2 Å². The summed E-state index contributed by atoms with van der Waals surface area (Å²) < 4.78 is 21.6. The van der Waals surface area contributed by atoms with Crippen molar-refractivity contribution in [3.8, 4) is 11.3 Å². The van der Waals surface area contributed by atoms with Crippen LogP contribution in [0, 0.1) is 5.82 Å². The van der Waals surface area contributed by atoms with Gasteiger partial charge in [0, 0.05) is 17.8 Å². The molecule has 2 aromatic heterocycles. The maximum absolute atomic E-state index is 14.3. The molecule has 1 unspecified atom stereocenters. The lowest BCUT2D eigenvalue weighted by Crippen LogP contribution is -2.26. The van der Waals surface area contributed by atoms with Crippen LogP contribution in [0.4, 0.5) is 15.0 Å². The van der Waals surface area contributed by atoms with E-state index in [-0.39, 0.29) is 18.5 Å². The summed E-state index contributed by atoms with van der Waals surface area (Å²) in [5.41, 5.74) is 1.80. The summed E-state index contributed by atoms with van der Waals surface area (Å²) in [5, 5.41) is 17.4. The number of nitrogens with one attached hydrogen (secondary N) is 1. The number of carbonyl (C=O) groups is 1. The van der Waals surface area contributed by atoms with Crippen LogP contribution in [-0.2, 0) is 4.74 Å². The van der Waals surface area contributed by atoms with Gasteiger partial charge in [-0.25, -0.2) is 14.2 Å². The number of hydrogen-bond acceptors (Lipinski definition) is 6. The van der Waals surface area contributed by atoms with E-state index in [9.17, 15) is 14.4 Å². The first-order chi connectivity index (χ1) is 14.4. The van der Waals surface area contributed by atoms with Crippen LogP contribution in [0.25, 0.3) is 16.9 Å². The van der Waals surface area contributed by atoms with E-state index in [1.165, 1.54) is 29.0 Å². The van der Waals surface area contributed by atoms with Crippen LogP contribution in [-0.4, -0.2) is 43.6 Å². The number of ether oxygens (including phenoxy) is 1. The number of benzene rings is 1. The maximum atomic E-state index is 14.3. The second-order valence-electron chi connectivity index (χ2n) is 6.61. The molecule has 1 atom stereocenters. The van der Waals surface area contributed by atoms with Crippen molar-refractivity contribution in [3.05, 3.63) is 70.7 Å². The molecule has 30 heavy (non-hydrogen) atoms. The van der Waals surface area contributed by atoms with Crippen LogP contribution in [0.1, 0.15) is 6.92 Å². The monoisotopic (exact) mass is 473 g/mol. The SMILES string of the molecule is CC1C=C(COC(=O)Nc2cc(-c3ccccc3F)nc3c(Br)cnn23)C=CN1O. The van der Waals surface area contributed by atoms with Crippen molar-refractivity contribution in [1.82, 2.24) is 19.7 Å². The molecule has 3 heterocycles. The Morgan fingerprint density at radius 1 is 1.40 bits per heavy atom. The van der Waals surface area contributed by atoms with Gasteiger partial charge in [-0.3, -0.25) is 15.6 Å². The van der Waals surface area contributed by atoms with Gasteiger partial charge in [0.2, 0.25) is 0 Å². The normalized spacial score (nSPS) is 15.9. The first-order valence-electron chi connectivity index (χ1n) is 9.01. The number of anilines is 1. The minimum absolute atomic E-state index is 0.0255. The van der Waals surface area contributed by atoms with Crippen LogP contribution in [0.5, 0.6) is 0 Å². The molecule has 1 amide bonds. The predicted octanol–water partition coefficient (Wildman–Crippen LogP) is 4.38. The van der Waals surface area contributed by atoms with Crippen molar-refractivity contribution >= 4 is 33.5 Å². The van der Waals surface area contributed by atoms with Crippen LogP contribution < -0.4 is 5.32 Å². The molecule has 0 saturated carbocycles. The number of hydroxylamine groups is 2. The fraction of sp³-hybridized carbons (Fsp3) is 0.150. The average molecular weight is 474 g/mol. The lowest BCUT2D eigenvalue weighted by atomic mass is 10.1. The van der Waals surface area contributed by atoms with E-state index in [2.05, 4.69) is 31.3 Å². The standard InChI is InChI=1S/C20H17BrFN5O3/c1-12-8-13(6-7-26(12)29)11-30-20(28)25-18-9-17(14-4-2-3-5-16(14)22)24-19-15(21)10-23-27(18)19/h2-10,12,29H,11H2,1H3,(H,25,28). The highest BCUT2D eigenvalue weighted by atomic mass is 79.9. The second kappa shape index (κ2) is 8.25. The van der Waals surface area contributed by atoms with Crippen molar-refractivity contribution in [3.63, 3.8) is 0 Å². The molecule has 10 heteroatoms. The molecule has 8 nitrogen and oxygen atoms in total. The molecule has 0 aliphatic carbocycles. The van der Waals surface area contributed by atoms with Gasteiger partial charge in [0.25, 0.3) is 0 Å². The van der Waals surface area contributed by atoms with Crippen LogP contribution >= 0.6 is 15.9 Å². The minimum atomic E-state index is -0.706. The van der Waals surface area contributed by atoms with Crippen molar-refractivity contribution in [2.75, 3.05) is 11.9 Å². The molecule has 154 valence electrons. The fourth-order valence-corrected chi connectivity index (χ4v) is 3.32. The Morgan fingerprint density at radius 3 is 2.97 bits per heavy atom. The molecule has 0 saturated heterocycles. The fourth-order valence-electron chi connectivity index (χ4n) is 2.97. The average Bonchev–Trinajstić information content (AvgIpc) is 3.10. The summed E-state index contributed by atoms with van der Waals surface area (Å²) >= 11 is 3.36. The lowest BCUT2D eigenvalue weighted by Gasteiger charge is -2.22. The van der Waals surface area contributed by atoms with Gasteiger partial charge in [0.05, 0.1) is 22.4 Å². The molecule has 0 fully saturated rings. The quantitative estimate of drug-likeness (QED) is 0.583. The summed E-state index contributed by atoms with van der Waals surface area (Å²) in [6, 6.07) is 7.55. The largest absolute Gasteiger partial charge is 0.444 e. The van der Waals surface area contributed by atoms with Gasteiger partial charge < -0.3 is 4.74 Å². The number of carbonyl (C=O) groups excluding carboxylic acids is 1. The van der Waals surface area contributed by atoms with Crippen LogP contribution in [0.3, 0.4) is 0 Å². The highest BCUT2D eigenvalue weighted by molar-refractivity contribution is 9.10. The van der Waals surface area contributed by atoms with Gasteiger partial charge in [-0.1, -0.05) is 18.2 Å². The zero-order valence-corrected chi connectivity index (χ0v) is 17.4. The molecule has 0 spiro atoms. The molecule has 0 bridgehead atoms. The second-order valence-corrected chi connectivity index (χ2v) is 7.47. The summed E-state index contributed by atoms with van der Waals surface area (Å²) in [6.45, 7) is 1.83. The van der Waals surface area contributed by atoms with Gasteiger partial charge >= 0.3 is 6.09 Å². The van der Waals surface area contributed by atoms with Gasteiger partial charge in [0.15, 0.2) is 5.65 Å². The van der Waals surface area contributed by atoms with Crippen molar-refractivity contribution in [2.24, 2.45) is 0 Å². The summed E-state index contributed by atoms with van der Waals surface area (Å²) in [7, 11) is 0. The summed E-state index contributed by atoms with van der Waals surface area (Å²) in [6.07, 6.45) is 5.75. The molecule has 2 N–H and O–H groups in total. The zero-order valence-electron chi connectivity index (χ0n) is 15.8. The van der Waals surface area contributed by atoms with Crippen molar-refractivity contribution in [1.29, 1.82) is 0 Å². The van der Waals surface area contributed by atoms with Crippen LogP contribution in [0.15, 0.2) is 64.9 Å².